The average molecular weight is 284 g/mol. The third kappa shape index (κ3) is 2.28. The van der Waals surface area contributed by atoms with E-state index < -0.39 is 5.97 Å². The van der Waals surface area contributed by atoms with Gasteiger partial charge >= 0.3 is 5.97 Å². The third-order valence-corrected chi connectivity index (χ3v) is 4.34. The second kappa shape index (κ2) is 5.11. The summed E-state index contributed by atoms with van der Waals surface area (Å²) in [5.74, 6) is -1.04. The molecule has 2 aromatic heterocycles. The van der Waals surface area contributed by atoms with Crippen molar-refractivity contribution < 1.29 is 9.90 Å². The fourth-order valence-corrected chi connectivity index (χ4v) is 3.22. The topological polar surface area (TPSA) is 72.2 Å². The van der Waals surface area contributed by atoms with Crippen LogP contribution in [0.1, 0.15) is 11.8 Å². The smallest absolute Gasteiger partial charge is 0.323 e. The number of hydrogen-bond donors (Lipinski definition) is 1. The van der Waals surface area contributed by atoms with E-state index in [2.05, 4.69) is 4.98 Å². The summed E-state index contributed by atoms with van der Waals surface area (Å²) in [7, 11) is 0. The molecule has 0 bridgehead atoms. The molecule has 0 unspecified atom stereocenters. The standard InChI is InChI=1S/C11H12N2O3S2/c1-3-6-4-7-9(18-6)12-11(17-2)13(10(7)16)5-8(14)15/h4H,3,5H2,1-2H3,(H,14,15). The number of hydrogen-bond acceptors (Lipinski definition) is 5. The van der Waals surface area contributed by atoms with E-state index in [0.717, 1.165) is 11.3 Å². The Labute approximate surface area is 111 Å². The van der Waals surface area contributed by atoms with E-state index in [1.807, 2.05) is 6.92 Å². The molecule has 18 heavy (non-hydrogen) atoms. The maximum atomic E-state index is 12.2. The summed E-state index contributed by atoms with van der Waals surface area (Å²) in [4.78, 5) is 29.1. The average Bonchev–Trinajstić information content (AvgIpc) is 2.75. The first-order valence-electron chi connectivity index (χ1n) is 5.35. The molecule has 1 N–H and O–H groups in total. The maximum absolute atomic E-state index is 12.2. The lowest BCUT2D eigenvalue weighted by molar-refractivity contribution is -0.137. The largest absolute Gasteiger partial charge is 0.480 e. The number of aromatic nitrogens is 2. The molecule has 0 amide bonds. The monoisotopic (exact) mass is 284 g/mol. The highest BCUT2D eigenvalue weighted by Crippen LogP contribution is 2.24. The molecule has 0 aromatic carbocycles. The summed E-state index contributed by atoms with van der Waals surface area (Å²) in [6, 6.07) is 1.80. The van der Waals surface area contributed by atoms with Gasteiger partial charge in [0, 0.05) is 4.88 Å². The zero-order chi connectivity index (χ0) is 13.3. The van der Waals surface area contributed by atoms with E-state index in [1.165, 1.54) is 27.7 Å². The molecule has 5 nitrogen and oxygen atoms in total. The number of aliphatic carboxylic acids is 1. The minimum Gasteiger partial charge on any atom is -0.480 e. The van der Waals surface area contributed by atoms with Crippen LogP contribution in [-0.4, -0.2) is 26.9 Å². The molecule has 0 radical (unpaired) electrons. The van der Waals surface area contributed by atoms with Crippen LogP contribution in [0.5, 0.6) is 0 Å². The quantitative estimate of drug-likeness (QED) is 0.685. The van der Waals surface area contributed by atoms with Gasteiger partial charge in [0.15, 0.2) is 5.16 Å². The van der Waals surface area contributed by atoms with Crippen molar-refractivity contribution in [2.45, 2.75) is 25.0 Å². The van der Waals surface area contributed by atoms with Crippen molar-refractivity contribution in [2.24, 2.45) is 0 Å². The SMILES string of the molecule is CCc1cc2c(=O)n(CC(=O)O)c(SC)nc2s1. The maximum Gasteiger partial charge on any atom is 0.323 e. The molecule has 0 saturated heterocycles. The van der Waals surface area contributed by atoms with Crippen LogP contribution in [0.15, 0.2) is 16.0 Å². The summed E-state index contributed by atoms with van der Waals surface area (Å²) >= 11 is 2.76. The van der Waals surface area contributed by atoms with E-state index in [9.17, 15) is 9.59 Å². The van der Waals surface area contributed by atoms with Crippen LogP contribution in [0.4, 0.5) is 0 Å². The van der Waals surface area contributed by atoms with Gasteiger partial charge in [-0.15, -0.1) is 11.3 Å². The van der Waals surface area contributed by atoms with Gasteiger partial charge in [-0.05, 0) is 18.7 Å². The minimum atomic E-state index is -1.04. The molecule has 0 fully saturated rings. The number of thiophene rings is 1. The molecule has 0 aliphatic rings. The molecular formula is C11H12N2O3S2. The Balaban J connectivity index is 2.71. The van der Waals surface area contributed by atoms with E-state index in [0.29, 0.717) is 15.4 Å². The number of carboxylic acid groups (broad SMARTS) is 1. The molecule has 0 spiro atoms. The Morgan fingerprint density at radius 1 is 1.61 bits per heavy atom. The minimum absolute atomic E-state index is 0.275. The Morgan fingerprint density at radius 2 is 2.33 bits per heavy atom. The second-order valence-electron chi connectivity index (χ2n) is 3.67. The van der Waals surface area contributed by atoms with Crippen LogP contribution in [0, 0.1) is 0 Å². The van der Waals surface area contributed by atoms with Crippen LogP contribution < -0.4 is 5.56 Å². The summed E-state index contributed by atoms with van der Waals surface area (Å²) < 4.78 is 1.21. The molecule has 96 valence electrons. The number of nitrogens with zero attached hydrogens (tertiary/aromatic N) is 2. The predicted molar refractivity (Wildman–Crippen MR) is 72.7 cm³/mol. The van der Waals surface area contributed by atoms with Gasteiger partial charge in [0.25, 0.3) is 5.56 Å². The number of aryl methyl sites for hydroxylation is 1. The fourth-order valence-electron chi connectivity index (χ4n) is 1.65. The Bertz CT molecular complexity index is 660. The number of fused-ring (bicyclic) bond motifs is 1. The highest BCUT2D eigenvalue weighted by Gasteiger charge is 2.14. The van der Waals surface area contributed by atoms with Crippen molar-refractivity contribution in [3.63, 3.8) is 0 Å². The van der Waals surface area contributed by atoms with Gasteiger partial charge in [-0.2, -0.15) is 0 Å². The predicted octanol–water partition coefficient (Wildman–Crippen LogP) is 1.83. The molecule has 7 heteroatoms. The summed E-state index contributed by atoms with van der Waals surface area (Å²) in [6.07, 6.45) is 2.62. The number of thioether (sulfide) groups is 1. The van der Waals surface area contributed by atoms with E-state index >= 15 is 0 Å². The molecule has 2 rings (SSSR count). The van der Waals surface area contributed by atoms with Crippen molar-refractivity contribution in [3.8, 4) is 0 Å². The van der Waals surface area contributed by atoms with Crippen LogP contribution >= 0.6 is 23.1 Å². The highest BCUT2D eigenvalue weighted by atomic mass is 32.2. The Morgan fingerprint density at radius 3 is 2.89 bits per heavy atom. The Hall–Kier alpha value is -1.34. The molecule has 0 aliphatic heterocycles. The summed E-state index contributed by atoms with van der Waals surface area (Å²) in [5, 5.41) is 9.79. The van der Waals surface area contributed by atoms with Gasteiger partial charge in [-0.25, -0.2) is 4.98 Å². The highest BCUT2D eigenvalue weighted by molar-refractivity contribution is 7.98. The van der Waals surface area contributed by atoms with Crippen LogP contribution in [0.2, 0.25) is 0 Å². The van der Waals surface area contributed by atoms with Gasteiger partial charge < -0.3 is 5.11 Å². The first kappa shape index (κ1) is 13.1. The zero-order valence-electron chi connectivity index (χ0n) is 9.97. The third-order valence-electron chi connectivity index (χ3n) is 2.49. The lowest BCUT2D eigenvalue weighted by Crippen LogP contribution is -2.26. The van der Waals surface area contributed by atoms with Gasteiger partial charge in [-0.3, -0.25) is 14.2 Å². The summed E-state index contributed by atoms with van der Waals surface area (Å²) in [5.41, 5.74) is -0.275. The number of carbonyl (C=O) groups is 1. The van der Waals surface area contributed by atoms with Crippen molar-refractivity contribution in [2.75, 3.05) is 6.26 Å². The van der Waals surface area contributed by atoms with E-state index in [1.54, 1.807) is 12.3 Å². The van der Waals surface area contributed by atoms with Gasteiger partial charge in [0.2, 0.25) is 0 Å². The summed E-state index contributed by atoms with van der Waals surface area (Å²) in [6.45, 7) is 1.66. The van der Waals surface area contributed by atoms with Gasteiger partial charge in [0.1, 0.15) is 11.4 Å². The first-order valence-corrected chi connectivity index (χ1v) is 7.40. The molecule has 0 aliphatic carbocycles. The Kier molecular flexibility index (Phi) is 3.72. The lowest BCUT2D eigenvalue weighted by atomic mass is 10.3. The number of rotatable bonds is 4. The van der Waals surface area contributed by atoms with Crippen molar-refractivity contribution in [3.05, 3.63) is 21.3 Å². The van der Waals surface area contributed by atoms with Crippen LogP contribution in [0.3, 0.4) is 0 Å². The van der Waals surface area contributed by atoms with Crippen LogP contribution in [-0.2, 0) is 17.8 Å². The first-order chi connectivity index (χ1) is 8.56. The molecule has 0 atom stereocenters. The molecule has 2 aromatic rings. The van der Waals surface area contributed by atoms with Crippen molar-refractivity contribution in [1.82, 2.24) is 9.55 Å². The normalized spacial score (nSPS) is 11.0. The molecular weight excluding hydrogens is 272 g/mol. The lowest BCUT2D eigenvalue weighted by Gasteiger charge is -2.07. The molecule has 0 saturated carbocycles. The fraction of sp³-hybridized carbons (Fsp3) is 0.364. The van der Waals surface area contributed by atoms with Crippen molar-refractivity contribution in [1.29, 1.82) is 0 Å². The van der Waals surface area contributed by atoms with Crippen molar-refractivity contribution >= 4 is 39.3 Å². The van der Waals surface area contributed by atoms with E-state index in [-0.39, 0.29) is 12.1 Å². The number of carboxylic acids is 1. The van der Waals surface area contributed by atoms with Gasteiger partial charge in [0.05, 0.1) is 5.39 Å². The van der Waals surface area contributed by atoms with Crippen LogP contribution in [0.25, 0.3) is 10.2 Å². The zero-order valence-corrected chi connectivity index (χ0v) is 11.6. The van der Waals surface area contributed by atoms with Gasteiger partial charge in [-0.1, -0.05) is 18.7 Å². The van der Waals surface area contributed by atoms with E-state index in [4.69, 9.17) is 5.11 Å². The molecule has 2 heterocycles. The second-order valence-corrected chi connectivity index (χ2v) is 5.56.